The van der Waals surface area contributed by atoms with E-state index in [-0.39, 0.29) is 28.6 Å². The second kappa shape index (κ2) is 10.8. The molecule has 0 N–H and O–H groups in total. The van der Waals surface area contributed by atoms with Crippen LogP contribution >= 0.6 is 0 Å². The van der Waals surface area contributed by atoms with Crippen molar-refractivity contribution in [3.05, 3.63) is 12.2 Å². The summed E-state index contributed by atoms with van der Waals surface area (Å²) in [6.07, 6.45) is 0. The molecule has 0 heterocycles. The van der Waals surface area contributed by atoms with Gasteiger partial charge in [-0.15, -0.1) is 0 Å². The van der Waals surface area contributed by atoms with Crippen molar-refractivity contribution >= 4 is 29.0 Å². The number of carbonyl (C=O) groups excluding carboxylic acids is 1. The maximum absolute atomic E-state index is 9.49. The van der Waals surface area contributed by atoms with E-state index >= 15 is 0 Å². The fourth-order valence-corrected chi connectivity index (χ4v) is 0. The van der Waals surface area contributed by atoms with Crippen LogP contribution in [0.25, 0.3) is 0 Å². The molecule has 0 amide bonds. The van der Waals surface area contributed by atoms with Gasteiger partial charge in [0.25, 0.3) is 0 Å². The van der Waals surface area contributed by atoms with Gasteiger partial charge in [-0.2, -0.15) is 7.11 Å². The Morgan fingerprint density at radius 3 is 1.56 bits per heavy atom. The van der Waals surface area contributed by atoms with Gasteiger partial charge in [0.15, 0.2) is 0 Å². The molecule has 0 aromatic carbocycles. The summed E-state index contributed by atoms with van der Waals surface area (Å²) < 4.78 is 0. The first kappa shape index (κ1) is 16.0. The number of carbonyl (C=O) groups is 1. The average Bonchev–Trinajstić information content (AvgIpc) is 1.72. The molecule has 0 aromatic rings. The molecule has 0 aliphatic heterocycles. The van der Waals surface area contributed by atoms with Gasteiger partial charge < -0.3 is 15.0 Å². The predicted molar refractivity (Wildman–Crippen MR) is 31.5 cm³/mol. The van der Waals surface area contributed by atoms with E-state index in [0.717, 1.165) is 7.11 Å². The molecule has 0 aromatic heterocycles. The summed E-state index contributed by atoms with van der Waals surface area (Å²) >= 11 is 0. The summed E-state index contributed by atoms with van der Waals surface area (Å²) in [5, 5.41) is 17.7. The standard InChI is InChI=1S/C4H6O2.CH3O.Mg/c1-3(2)4(5)6;1-2;/h1H2,2H3,(H,5,6);1H3;/q;-1;+2/p-1. The van der Waals surface area contributed by atoms with Crippen molar-refractivity contribution < 1.29 is 15.0 Å². The zero-order valence-corrected chi connectivity index (χ0v) is 7.05. The SMILES string of the molecule is C=C(C)C(=O)[O-].C[O-].[Mg+2]. The molecular weight excluding hydrogens is 132 g/mol. The van der Waals surface area contributed by atoms with Crippen LogP contribution in [0.1, 0.15) is 6.92 Å². The van der Waals surface area contributed by atoms with Crippen molar-refractivity contribution in [1.82, 2.24) is 0 Å². The Morgan fingerprint density at radius 2 is 1.56 bits per heavy atom. The summed E-state index contributed by atoms with van der Waals surface area (Å²) in [7, 11) is 0.750. The normalized spacial score (nSPS) is 5.67. The van der Waals surface area contributed by atoms with Gasteiger partial charge in [0.2, 0.25) is 0 Å². The van der Waals surface area contributed by atoms with Crippen LogP contribution in [0.15, 0.2) is 12.2 Å². The van der Waals surface area contributed by atoms with Crippen molar-refractivity contribution in [2.75, 3.05) is 7.11 Å². The summed E-state index contributed by atoms with van der Waals surface area (Å²) in [5.41, 5.74) is 0.0648. The summed E-state index contributed by atoms with van der Waals surface area (Å²) in [6.45, 7) is 4.48. The fraction of sp³-hybridized carbons (Fsp3) is 0.400. The van der Waals surface area contributed by atoms with Crippen LogP contribution in [0.5, 0.6) is 0 Å². The first-order valence-corrected chi connectivity index (χ1v) is 1.92. The summed E-state index contributed by atoms with van der Waals surface area (Å²) in [6, 6.07) is 0. The van der Waals surface area contributed by atoms with Gasteiger partial charge in [0.1, 0.15) is 0 Å². The third-order valence-electron chi connectivity index (χ3n) is 0.348. The third-order valence-corrected chi connectivity index (χ3v) is 0.348. The molecule has 0 radical (unpaired) electrons. The van der Waals surface area contributed by atoms with Crippen LogP contribution in [0.4, 0.5) is 0 Å². The van der Waals surface area contributed by atoms with Crippen LogP contribution in [0.2, 0.25) is 0 Å². The maximum Gasteiger partial charge on any atom is 2.00 e. The minimum Gasteiger partial charge on any atom is -0.857 e. The number of hydrogen-bond donors (Lipinski definition) is 0. The molecule has 0 bridgehead atoms. The van der Waals surface area contributed by atoms with Gasteiger partial charge in [-0.25, -0.2) is 0 Å². The molecule has 48 valence electrons. The van der Waals surface area contributed by atoms with E-state index in [9.17, 15) is 9.90 Å². The van der Waals surface area contributed by atoms with Crippen LogP contribution in [0, 0.1) is 0 Å². The van der Waals surface area contributed by atoms with Gasteiger partial charge in [-0.3, -0.25) is 0 Å². The number of hydrogen-bond acceptors (Lipinski definition) is 3. The number of rotatable bonds is 1. The van der Waals surface area contributed by atoms with Gasteiger partial charge in [-0.1, -0.05) is 6.58 Å². The first-order valence-electron chi connectivity index (χ1n) is 1.92. The Balaban J connectivity index is -0.000000109. The van der Waals surface area contributed by atoms with Crippen molar-refractivity contribution in [3.63, 3.8) is 0 Å². The van der Waals surface area contributed by atoms with Crippen molar-refractivity contribution in [2.24, 2.45) is 0 Å². The monoisotopic (exact) mass is 140 g/mol. The minimum absolute atomic E-state index is 0. The Labute approximate surface area is 70.5 Å². The van der Waals surface area contributed by atoms with E-state index in [4.69, 9.17) is 5.11 Å². The van der Waals surface area contributed by atoms with Gasteiger partial charge in [0.05, 0.1) is 5.97 Å². The van der Waals surface area contributed by atoms with Gasteiger partial charge in [-0.05, 0) is 12.5 Å². The Bertz CT molecular complexity index is 78.2. The van der Waals surface area contributed by atoms with Gasteiger partial charge in [0, 0.05) is 0 Å². The van der Waals surface area contributed by atoms with E-state index in [2.05, 4.69) is 6.58 Å². The zero-order valence-electron chi connectivity index (χ0n) is 5.64. The van der Waals surface area contributed by atoms with Gasteiger partial charge >= 0.3 is 23.1 Å². The van der Waals surface area contributed by atoms with E-state index in [0.29, 0.717) is 0 Å². The van der Waals surface area contributed by atoms with Crippen LogP contribution in [-0.4, -0.2) is 36.1 Å². The molecule has 9 heavy (non-hydrogen) atoms. The summed E-state index contributed by atoms with van der Waals surface area (Å²) in [5.74, 6) is -1.19. The predicted octanol–water partition coefficient (Wildman–Crippen LogP) is -2.09. The minimum atomic E-state index is -1.19. The molecule has 0 rings (SSSR count). The van der Waals surface area contributed by atoms with E-state index < -0.39 is 5.97 Å². The largest absolute Gasteiger partial charge is 2.00 e. The second-order valence-corrected chi connectivity index (χ2v) is 1.07. The quantitative estimate of drug-likeness (QED) is 0.310. The molecule has 3 nitrogen and oxygen atoms in total. The Hall–Kier alpha value is -0.0638. The molecule has 0 spiro atoms. The smallest absolute Gasteiger partial charge is 0.857 e. The molecular formula is C5H8MgO3. The zero-order chi connectivity index (χ0) is 7.15. The van der Waals surface area contributed by atoms with Crippen molar-refractivity contribution in [1.29, 1.82) is 0 Å². The number of carboxylic acids is 1. The third kappa shape index (κ3) is 18.0. The molecule has 0 aliphatic rings. The maximum atomic E-state index is 9.49. The fourth-order valence-electron chi connectivity index (χ4n) is 0. The van der Waals surface area contributed by atoms with Crippen molar-refractivity contribution in [3.8, 4) is 0 Å². The topological polar surface area (TPSA) is 63.2 Å². The second-order valence-electron chi connectivity index (χ2n) is 1.07. The van der Waals surface area contributed by atoms with E-state index in [1.807, 2.05) is 0 Å². The Morgan fingerprint density at radius 1 is 1.44 bits per heavy atom. The number of aliphatic carboxylic acids is 1. The van der Waals surface area contributed by atoms with Crippen LogP contribution < -0.4 is 10.2 Å². The average molecular weight is 140 g/mol. The van der Waals surface area contributed by atoms with E-state index in [1.54, 1.807) is 0 Å². The number of carboxylic acid groups (broad SMARTS) is 1. The van der Waals surface area contributed by atoms with Crippen LogP contribution in [-0.2, 0) is 4.79 Å². The Kier molecular flexibility index (Phi) is 19.2. The molecule has 0 saturated heterocycles. The van der Waals surface area contributed by atoms with E-state index in [1.165, 1.54) is 6.92 Å². The summed E-state index contributed by atoms with van der Waals surface area (Å²) in [4.78, 5) is 9.49. The van der Waals surface area contributed by atoms with Crippen molar-refractivity contribution in [2.45, 2.75) is 6.92 Å². The molecule has 0 saturated carbocycles. The molecule has 4 heteroatoms. The molecule has 0 unspecified atom stereocenters. The molecule has 0 aliphatic carbocycles. The first-order chi connectivity index (χ1) is 3.64. The van der Waals surface area contributed by atoms with Crippen LogP contribution in [0.3, 0.4) is 0 Å². The molecule has 0 atom stereocenters. The molecule has 0 fully saturated rings.